The summed E-state index contributed by atoms with van der Waals surface area (Å²) in [7, 11) is -3.66. The van der Waals surface area contributed by atoms with E-state index in [2.05, 4.69) is 4.99 Å². The van der Waals surface area contributed by atoms with Gasteiger partial charge in [-0.15, -0.1) is 0 Å². The van der Waals surface area contributed by atoms with Crippen molar-refractivity contribution >= 4 is 15.9 Å². The lowest BCUT2D eigenvalue weighted by molar-refractivity contribution is 0.0996. The van der Waals surface area contributed by atoms with Crippen molar-refractivity contribution in [3.8, 4) is 0 Å². The van der Waals surface area contributed by atoms with Crippen LogP contribution in [0.5, 0.6) is 0 Å². The van der Waals surface area contributed by atoms with E-state index in [4.69, 9.17) is 0 Å². The number of hydrogen-bond acceptors (Lipinski definition) is 3. The largest absolute Gasteiger partial charge is 0.328 e. The molecule has 1 aromatic heterocycles. The number of nitrogens with zero attached hydrogens (tertiary/aromatic N) is 3. The van der Waals surface area contributed by atoms with Gasteiger partial charge in [-0.2, -0.15) is 9.30 Å². The van der Waals surface area contributed by atoms with Gasteiger partial charge in [-0.1, -0.05) is 56.3 Å². The molecule has 2 aromatic carbocycles. The average molecular weight is 438 g/mol. The molecule has 162 valence electrons. The van der Waals surface area contributed by atoms with Crippen molar-refractivity contribution in [1.82, 2.24) is 8.87 Å². The molecule has 0 spiro atoms. The van der Waals surface area contributed by atoms with Gasteiger partial charge in [0.05, 0.1) is 4.90 Å². The zero-order valence-corrected chi connectivity index (χ0v) is 18.8. The first-order chi connectivity index (χ1) is 14.9. The molecule has 0 unspecified atom stereocenters. The van der Waals surface area contributed by atoms with Gasteiger partial charge < -0.3 is 4.57 Å². The van der Waals surface area contributed by atoms with Gasteiger partial charge >= 0.3 is 0 Å². The number of aryl methyl sites for hydroxylation is 1. The van der Waals surface area contributed by atoms with E-state index in [1.54, 1.807) is 32.9 Å². The monoisotopic (exact) mass is 437 g/mol. The molecule has 6 nitrogen and oxygen atoms in total. The van der Waals surface area contributed by atoms with Gasteiger partial charge in [0.15, 0.2) is 0 Å². The normalized spacial score (nSPS) is 12.3. The van der Waals surface area contributed by atoms with Crippen LogP contribution in [0.25, 0.3) is 0 Å². The smallest absolute Gasteiger partial charge is 0.279 e. The zero-order valence-electron chi connectivity index (χ0n) is 18.0. The van der Waals surface area contributed by atoms with Crippen molar-refractivity contribution in [3.63, 3.8) is 0 Å². The molecule has 0 atom stereocenters. The molecule has 1 heterocycles. The molecule has 0 saturated carbocycles. The van der Waals surface area contributed by atoms with E-state index in [1.165, 1.54) is 16.4 Å². The maximum atomic E-state index is 13.0. The molecular weight excluding hydrogens is 410 g/mol. The summed E-state index contributed by atoms with van der Waals surface area (Å²) < 4.78 is 29.0. The molecule has 31 heavy (non-hydrogen) atoms. The number of sulfonamides is 1. The number of carbonyl (C=O) groups is 1. The Bertz CT molecular complexity index is 1230. The lowest BCUT2D eigenvalue weighted by atomic mass is 10.1. The van der Waals surface area contributed by atoms with Gasteiger partial charge in [0.2, 0.25) is 10.0 Å². The number of carbonyl (C=O) groups excluding carboxylic acids is 1. The molecular formula is C24H27N3O3S. The van der Waals surface area contributed by atoms with Gasteiger partial charge in [0.25, 0.3) is 5.91 Å². The maximum Gasteiger partial charge on any atom is 0.279 e. The van der Waals surface area contributed by atoms with Gasteiger partial charge in [-0.05, 0) is 42.3 Å². The summed E-state index contributed by atoms with van der Waals surface area (Å²) in [4.78, 5) is 17.5. The van der Waals surface area contributed by atoms with E-state index in [0.29, 0.717) is 30.7 Å². The van der Waals surface area contributed by atoms with E-state index in [0.717, 1.165) is 5.56 Å². The highest BCUT2D eigenvalue weighted by atomic mass is 32.2. The summed E-state index contributed by atoms with van der Waals surface area (Å²) >= 11 is 0. The predicted octanol–water partition coefficient (Wildman–Crippen LogP) is 3.62. The second-order valence-corrected chi connectivity index (χ2v) is 9.09. The Kier molecular flexibility index (Phi) is 7.20. The maximum absolute atomic E-state index is 13.0. The minimum atomic E-state index is -3.66. The Hall–Kier alpha value is -3.03. The van der Waals surface area contributed by atoms with Crippen molar-refractivity contribution in [2.45, 2.75) is 32.2 Å². The summed E-state index contributed by atoms with van der Waals surface area (Å²) in [5, 5.41) is 0. The fraction of sp³-hybridized carbons (Fsp3) is 0.250. The molecule has 3 aromatic rings. The topological polar surface area (TPSA) is 71.7 Å². The third-order valence-corrected chi connectivity index (χ3v) is 7.16. The van der Waals surface area contributed by atoms with Gasteiger partial charge in [-0.3, -0.25) is 4.79 Å². The van der Waals surface area contributed by atoms with E-state index in [9.17, 15) is 13.2 Å². The Morgan fingerprint density at radius 3 is 2.32 bits per heavy atom. The van der Waals surface area contributed by atoms with E-state index >= 15 is 0 Å². The third-order valence-electron chi connectivity index (χ3n) is 5.11. The first kappa shape index (κ1) is 22.7. The molecule has 0 aliphatic rings. The predicted molar refractivity (Wildman–Crippen MR) is 121 cm³/mol. The minimum absolute atomic E-state index is 0.102. The molecule has 0 radical (unpaired) electrons. The van der Waals surface area contributed by atoms with E-state index in [-0.39, 0.29) is 10.5 Å². The average Bonchev–Trinajstić information content (AvgIpc) is 2.76. The van der Waals surface area contributed by atoms with E-state index in [1.807, 2.05) is 53.2 Å². The lowest BCUT2D eigenvalue weighted by Crippen LogP contribution is -2.30. The zero-order chi connectivity index (χ0) is 22.4. The van der Waals surface area contributed by atoms with Crippen LogP contribution in [0.2, 0.25) is 0 Å². The van der Waals surface area contributed by atoms with Crippen LogP contribution in [-0.4, -0.2) is 36.3 Å². The lowest BCUT2D eigenvalue weighted by Gasteiger charge is -2.19. The SMILES string of the molecule is CCN(CC)S(=O)(=O)c1ccc(C)c(C(=O)N=c2ccccn2Cc2ccccc2)c1. The number of hydrogen-bond donors (Lipinski definition) is 0. The summed E-state index contributed by atoms with van der Waals surface area (Å²) in [6, 6.07) is 20.0. The van der Waals surface area contributed by atoms with Crippen LogP contribution in [0.4, 0.5) is 0 Å². The molecule has 0 bridgehead atoms. The molecule has 0 fully saturated rings. The molecule has 7 heteroatoms. The second-order valence-electron chi connectivity index (χ2n) is 7.16. The van der Waals surface area contributed by atoms with Crippen molar-refractivity contribution < 1.29 is 13.2 Å². The number of benzene rings is 2. The fourth-order valence-electron chi connectivity index (χ4n) is 3.35. The van der Waals surface area contributed by atoms with Crippen molar-refractivity contribution in [3.05, 3.63) is 95.1 Å². The summed E-state index contributed by atoms with van der Waals surface area (Å²) in [5.41, 5.74) is 2.56. The molecule has 0 saturated heterocycles. The number of amides is 1. The van der Waals surface area contributed by atoms with Gasteiger partial charge in [0.1, 0.15) is 5.49 Å². The summed E-state index contributed by atoms with van der Waals surface area (Å²) in [6.45, 7) is 6.66. The second kappa shape index (κ2) is 9.85. The Morgan fingerprint density at radius 1 is 0.968 bits per heavy atom. The van der Waals surface area contributed by atoms with Crippen LogP contribution in [0.3, 0.4) is 0 Å². The summed E-state index contributed by atoms with van der Waals surface area (Å²) in [6.07, 6.45) is 1.87. The molecule has 0 aliphatic heterocycles. The Balaban J connectivity index is 2.01. The van der Waals surface area contributed by atoms with E-state index < -0.39 is 15.9 Å². The highest BCUT2D eigenvalue weighted by Gasteiger charge is 2.23. The van der Waals surface area contributed by atoms with Crippen molar-refractivity contribution in [1.29, 1.82) is 0 Å². The van der Waals surface area contributed by atoms with Crippen molar-refractivity contribution in [2.75, 3.05) is 13.1 Å². The molecule has 0 N–H and O–H groups in total. The fourth-order valence-corrected chi connectivity index (χ4v) is 4.84. The number of aromatic nitrogens is 1. The first-order valence-corrected chi connectivity index (χ1v) is 11.7. The van der Waals surface area contributed by atoms with Gasteiger partial charge in [0, 0.05) is 31.4 Å². The van der Waals surface area contributed by atoms with Crippen LogP contribution in [0, 0.1) is 6.92 Å². The molecule has 1 amide bonds. The van der Waals surface area contributed by atoms with Crippen LogP contribution in [0.15, 0.2) is 82.8 Å². The van der Waals surface area contributed by atoms with Crippen LogP contribution < -0.4 is 5.49 Å². The highest BCUT2D eigenvalue weighted by molar-refractivity contribution is 7.89. The molecule has 0 aliphatic carbocycles. The Labute approximate surface area is 183 Å². The highest BCUT2D eigenvalue weighted by Crippen LogP contribution is 2.20. The van der Waals surface area contributed by atoms with Crippen LogP contribution >= 0.6 is 0 Å². The standard InChI is InChI=1S/C24H27N3O3S/c1-4-27(5-2)31(29,30)21-15-14-19(3)22(17-21)24(28)25-23-13-9-10-16-26(23)18-20-11-7-6-8-12-20/h6-17H,4-5,18H2,1-3H3. The third kappa shape index (κ3) is 5.18. The first-order valence-electron chi connectivity index (χ1n) is 10.3. The Morgan fingerprint density at radius 2 is 1.65 bits per heavy atom. The summed E-state index contributed by atoms with van der Waals surface area (Å²) in [5.74, 6) is -0.470. The molecule has 3 rings (SSSR count). The number of rotatable bonds is 7. The minimum Gasteiger partial charge on any atom is -0.328 e. The van der Waals surface area contributed by atoms with Crippen LogP contribution in [-0.2, 0) is 16.6 Å². The van der Waals surface area contributed by atoms with Crippen LogP contribution in [0.1, 0.15) is 35.3 Å². The van der Waals surface area contributed by atoms with Gasteiger partial charge in [-0.25, -0.2) is 8.42 Å². The number of pyridine rings is 1. The van der Waals surface area contributed by atoms with Crippen molar-refractivity contribution in [2.24, 2.45) is 4.99 Å². The quantitative estimate of drug-likeness (QED) is 0.567.